The molecule has 0 saturated carbocycles. The van der Waals surface area contributed by atoms with E-state index in [-0.39, 0.29) is 12.1 Å². The molecule has 0 unspecified atom stereocenters. The van der Waals surface area contributed by atoms with Gasteiger partial charge < -0.3 is 15.4 Å². The predicted octanol–water partition coefficient (Wildman–Crippen LogP) is 2.58. The monoisotopic (exact) mass is 272 g/mol. The molecule has 0 radical (unpaired) electrons. The molecule has 1 heterocycles. The third kappa shape index (κ3) is 6.40. The van der Waals surface area contributed by atoms with Crippen LogP contribution in [0, 0.1) is 0 Å². The Bertz CT molecular complexity index is 266. The van der Waals surface area contributed by atoms with Crippen LogP contribution in [0.5, 0.6) is 0 Å². The number of piperidine rings is 1. The van der Waals surface area contributed by atoms with Gasteiger partial charge in [-0.05, 0) is 31.9 Å². The number of nitrogens with one attached hydrogen (secondary N) is 2. The van der Waals surface area contributed by atoms with Gasteiger partial charge in [0.1, 0.15) is 0 Å². The summed E-state index contributed by atoms with van der Waals surface area (Å²) < 4.78 is 5.25. The molecule has 0 spiro atoms. The van der Waals surface area contributed by atoms with Crippen molar-refractivity contribution in [3.8, 4) is 0 Å². The van der Waals surface area contributed by atoms with Crippen LogP contribution in [0.4, 0.5) is 4.79 Å². The maximum Gasteiger partial charge on any atom is 0.407 e. The highest BCUT2D eigenvalue weighted by Gasteiger charge is 2.22. The van der Waals surface area contributed by atoms with Gasteiger partial charge in [0.2, 0.25) is 0 Å². The van der Waals surface area contributed by atoms with Gasteiger partial charge in [0.05, 0.1) is 6.61 Å². The highest BCUT2D eigenvalue weighted by molar-refractivity contribution is 6.76. The molecule has 2 atom stereocenters. The van der Waals surface area contributed by atoms with Gasteiger partial charge >= 0.3 is 6.09 Å². The molecule has 0 aromatic heterocycles. The van der Waals surface area contributed by atoms with E-state index in [1.807, 2.05) is 0 Å². The van der Waals surface area contributed by atoms with Crippen molar-refractivity contribution < 1.29 is 9.53 Å². The average molecular weight is 272 g/mol. The average Bonchev–Trinajstić information content (AvgIpc) is 2.27. The van der Waals surface area contributed by atoms with Gasteiger partial charge in [-0.15, -0.1) is 0 Å². The van der Waals surface area contributed by atoms with Gasteiger partial charge in [-0.1, -0.05) is 26.6 Å². The lowest BCUT2D eigenvalue weighted by Crippen LogP contribution is -2.47. The first-order valence-corrected chi connectivity index (χ1v) is 10.8. The molecule has 1 amide bonds. The van der Waals surface area contributed by atoms with Crippen LogP contribution < -0.4 is 10.6 Å². The van der Waals surface area contributed by atoms with Crippen molar-refractivity contribution in [2.45, 2.75) is 64.0 Å². The van der Waals surface area contributed by atoms with E-state index in [9.17, 15) is 4.79 Å². The molecule has 1 aliphatic heterocycles. The largest absolute Gasteiger partial charge is 0.450 e. The molecule has 1 aliphatic rings. The number of amides is 1. The van der Waals surface area contributed by atoms with Crippen LogP contribution >= 0.6 is 0 Å². The van der Waals surface area contributed by atoms with Gasteiger partial charge in [0.25, 0.3) is 0 Å². The zero-order chi connectivity index (χ0) is 13.6. The second-order valence-corrected chi connectivity index (χ2v) is 12.0. The highest BCUT2D eigenvalue weighted by Crippen LogP contribution is 2.12. The summed E-state index contributed by atoms with van der Waals surface area (Å²) in [5.41, 5.74) is 0. The summed E-state index contributed by atoms with van der Waals surface area (Å²) in [6.45, 7) is 10.6. The van der Waals surface area contributed by atoms with Crippen LogP contribution in [-0.4, -0.2) is 39.4 Å². The van der Waals surface area contributed by atoms with Crippen molar-refractivity contribution in [1.29, 1.82) is 0 Å². The third-order valence-electron chi connectivity index (χ3n) is 3.39. The summed E-state index contributed by atoms with van der Waals surface area (Å²) in [4.78, 5) is 11.7. The van der Waals surface area contributed by atoms with E-state index in [0.29, 0.717) is 12.6 Å². The molecule has 4 nitrogen and oxygen atoms in total. The van der Waals surface area contributed by atoms with Crippen LogP contribution in [0.3, 0.4) is 0 Å². The highest BCUT2D eigenvalue weighted by atomic mass is 28.3. The van der Waals surface area contributed by atoms with Crippen molar-refractivity contribution in [1.82, 2.24) is 10.6 Å². The second kappa shape index (κ2) is 7.14. The van der Waals surface area contributed by atoms with Crippen LogP contribution in [0.2, 0.25) is 25.7 Å². The quantitative estimate of drug-likeness (QED) is 0.756. The zero-order valence-electron chi connectivity index (χ0n) is 12.2. The summed E-state index contributed by atoms with van der Waals surface area (Å²) in [6.07, 6.45) is 2.89. The fourth-order valence-electron chi connectivity index (χ4n) is 2.11. The number of alkyl carbamates (subject to hydrolysis) is 1. The van der Waals surface area contributed by atoms with E-state index in [1.165, 1.54) is 0 Å². The summed E-state index contributed by atoms with van der Waals surface area (Å²) >= 11 is 0. The first-order valence-electron chi connectivity index (χ1n) is 7.07. The Morgan fingerprint density at radius 1 is 1.44 bits per heavy atom. The topological polar surface area (TPSA) is 50.4 Å². The molecular weight excluding hydrogens is 244 g/mol. The summed E-state index contributed by atoms with van der Waals surface area (Å²) in [7, 11) is -1.11. The molecule has 2 N–H and O–H groups in total. The third-order valence-corrected chi connectivity index (χ3v) is 5.10. The fraction of sp³-hybridized carbons (Fsp3) is 0.923. The van der Waals surface area contributed by atoms with Gasteiger partial charge in [-0.25, -0.2) is 4.79 Å². The smallest absolute Gasteiger partial charge is 0.407 e. The van der Waals surface area contributed by atoms with Crippen LogP contribution in [0.25, 0.3) is 0 Å². The lowest BCUT2D eigenvalue weighted by molar-refractivity contribution is 0.143. The summed E-state index contributed by atoms with van der Waals surface area (Å²) in [5.74, 6) is 0. The summed E-state index contributed by atoms with van der Waals surface area (Å²) in [5, 5.41) is 6.43. The van der Waals surface area contributed by atoms with Crippen molar-refractivity contribution >= 4 is 14.2 Å². The number of carbonyl (C=O) groups excluding carboxylic acids is 1. The number of rotatable bonds is 5. The number of hydrogen-bond acceptors (Lipinski definition) is 3. The van der Waals surface area contributed by atoms with Crippen molar-refractivity contribution in [2.75, 3.05) is 13.2 Å². The zero-order valence-corrected chi connectivity index (χ0v) is 13.2. The molecular formula is C13H28N2O2Si. The Morgan fingerprint density at radius 2 is 2.17 bits per heavy atom. The van der Waals surface area contributed by atoms with Crippen LogP contribution in [-0.2, 0) is 4.74 Å². The fourth-order valence-corrected chi connectivity index (χ4v) is 2.82. The predicted molar refractivity (Wildman–Crippen MR) is 77.7 cm³/mol. The lowest BCUT2D eigenvalue weighted by Gasteiger charge is -2.30. The molecule has 1 fully saturated rings. The first kappa shape index (κ1) is 15.5. The van der Waals surface area contributed by atoms with Gasteiger partial charge in [0.15, 0.2) is 0 Å². The second-order valence-electron chi connectivity index (χ2n) is 6.37. The van der Waals surface area contributed by atoms with Crippen LogP contribution in [0.1, 0.15) is 26.2 Å². The molecule has 0 aliphatic carbocycles. The molecule has 5 heteroatoms. The number of hydrogen-bond donors (Lipinski definition) is 2. The SMILES string of the molecule is CC[C@@H]1C[C@H](NC(=O)OCC[Si](C)(C)C)CCN1. The standard InChI is InChI=1S/C13H28N2O2Si/c1-5-11-10-12(6-7-14-11)15-13(16)17-8-9-18(2,3)4/h11-12,14H,5-10H2,1-4H3,(H,15,16)/t11-,12-/m1/s1. The number of carbonyl (C=O) groups is 1. The van der Waals surface area contributed by atoms with Crippen molar-refractivity contribution in [2.24, 2.45) is 0 Å². The molecule has 0 bridgehead atoms. The maximum absolute atomic E-state index is 11.7. The first-order chi connectivity index (χ1) is 8.40. The lowest BCUT2D eigenvalue weighted by atomic mass is 9.98. The summed E-state index contributed by atoms with van der Waals surface area (Å²) in [6, 6.07) is 1.84. The minimum Gasteiger partial charge on any atom is -0.450 e. The van der Waals surface area contributed by atoms with Crippen molar-refractivity contribution in [3.05, 3.63) is 0 Å². The van der Waals surface area contributed by atoms with E-state index >= 15 is 0 Å². The normalized spacial score (nSPS) is 24.7. The van der Waals surface area contributed by atoms with Gasteiger partial charge in [0, 0.05) is 20.2 Å². The molecule has 1 saturated heterocycles. The maximum atomic E-state index is 11.7. The molecule has 106 valence electrons. The van der Waals surface area contributed by atoms with Crippen molar-refractivity contribution in [3.63, 3.8) is 0 Å². The Balaban J connectivity index is 2.19. The van der Waals surface area contributed by atoms with E-state index < -0.39 is 8.07 Å². The van der Waals surface area contributed by atoms with E-state index in [1.54, 1.807) is 0 Å². The molecule has 0 aromatic rings. The Labute approximate surface area is 112 Å². The Hall–Kier alpha value is -0.553. The Morgan fingerprint density at radius 3 is 2.78 bits per heavy atom. The molecule has 1 rings (SSSR count). The minimum atomic E-state index is -1.11. The molecule has 18 heavy (non-hydrogen) atoms. The van der Waals surface area contributed by atoms with Gasteiger partial charge in [-0.3, -0.25) is 0 Å². The van der Waals surface area contributed by atoms with E-state index in [0.717, 1.165) is 31.9 Å². The molecule has 0 aromatic carbocycles. The minimum absolute atomic E-state index is 0.241. The number of ether oxygens (including phenoxy) is 1. The Kier molecular flexibility index (Phi) is 6.15. The van der Waals surface area contributed by atoms with E-state index in [4.69, 9.17) is 4.74 Å². The van der Waals surface area contributed by atoms with Gasteiger partial charge in [-0.2, -0.15) is 0 Å². The van der Waals surface area contributed by atoms with Crippen LogP contribution in [0.15, 0.2) is 0 Å². The van der Waals surface area contributed by atoms with E-state index in [2.05, 4.69) is 37.2 Å².